The fourth-order valence-electron chi connectivity index (χ4n) is 4.99. The van der Waals surface area contributed by atoms with Crippen molar-refractivity contribution in [3.8, 4) is 0 Å². The zero-order valence-electron chi connectivity index (χ0n) is 19.2. The lowest BCUT2D eigenvalue weighted by Gasteiger charge is -2.33. The van der Waals surface area contributed by atoms with E-state index in [4.69, 9.17) is 4.74 Å². The molecule has 3 aromatic rings. The Kier molecular flexibility index (Phi) is 9.53. The molecule has 33 heavy (non-hydrogen) atoms. The molecule has 0 radical (unpaired) electrons. The van der Waals surface area contributed by atoms with Gasteiger partial charge in [0.25, 0.3) is 0 Å². The van der Waals surface area contributed by atoms with Gasteiger partial charge in [-0.2, -0.15) is 0 Å². The molecule has 1 saturated heterocycles. The third kappa shape index (κ3) is 5.85. The monoisotopic (exact) mass is 463 g/mol. The first-order chi connectivity index (χ1) is 15.8. The number of nitrogens with one attached hydrogen (secondary N) is 1. The molecule has 1 aliphatic rings. The molecular formula is C29H34ClNO2. The van der Waals surface area contributed by atoms with E-state index in [0.29, 0.717) is 6.61 Å². The molecule has 0 bridgehead atoms. The number of hydrogen-bond donors (Lipinski definition) is 1. The van der Waals surface area contributed by atoms with Crippen molar-refractivity contribution in [3.05, 3.63) is 108 Å². The molecule has 1 heterocycles. The Labute approximate surface area is 204 Å². The smallest absolute Gasteiger partial charge is 0.325 e. The molecule has 4 heteroatoms. The van der Waals surface area contributed by atoms with Gasteiger partial charge in [-0.3, -0.25) is 4.79 Å². The zero-order chi connectivity index (χ0) is 22.1. The third-order valence-electron chi connectivity index (χ3n) is 6.65. The van der Waals surface area contributed by atoms with Crippen molar-refractivity contribution in [3.63, 3.8) is 0 Å². The van der Waals surface area contributed by atoms with Gasteiger partial charge in [0.1, 0.15) is 5.41 Å². The number of rotatable bonds is 8. The highest BCUT2D eigenvalue weighted by Gasteiger charge is 2.45. The summed E-state index contributed by atoms with van der Waals surface area (Å²) in [4.78, 5) is 15.6. The first-order valence-corrected chi connectivity index (χ1v) is 12.0. The Bertz CT molecular complexity index is 858. The minimum absolute atomic E-state index is 0. The van der Waals surface area contributed by atoms with E-state index in [1.165, 1.54) is 38.8 Å². The highest BCUT2D eigenvalue weighted by Crippen LogP contribution is 2.40. The number of esters is 1. The van der Waals surface area contributed by atoms with Crippen LogP contribution in [-0.2, 0) is 14.9 Å². The lowest BCUT2D eigenvalue weighted by molar-refractivity contribution is -0.899. The van der Waals surface area contributed by atoms with Crippen LogP contribution in [0.4, 0.5) is 0 Å². The first-order valence-electron chi connectivity index (χ1n) is 12.0. The molecule has 0 amide bonds. The van der Waals surface area contributed by atoms with E-state index < -0.39 is 5.41 Å². The second-order valence-corrected chi connectivity index (χ2v) is 8.75. The van der Waals surface area contributed by atoms with Crippen molar-refractivity contribution in [2.45, 2.75) is 37.5 Å². The average molecular weight is 464 g/mol. The average Bonchev–Trinajstić information content (AvgIpc) is 3.13. The van der Waals surface area contributed by atoms with E-state index in [1.807, 2.05) is 91.0 Å². The predicted octanol–water partition coefficient (Wildman–Crippen LogP) is 1.42. The summed E-state index contributed by atoms with van der Waals surface area (Å²) in [6, 6.07) is 30.1. The van der Waals surface area contributed by atoms with E-state index in [2.05, 4.69) is 0 Å². The molecule has 1 N–H and O–H groups in total. The van der Waals surface area contributed by atoms with Crippen molar-refractivity contribution in [2.24, 2.45) is 0 Å². The largest absolute Gasteiger partial charge is 1.00 e. The van der Waals surface area contributed by atoms with Crippen LogP contribution in [0.5, 0.6) is 0 Å². The SMILES string of the molecule is O=C(OCCC[NH+]1CCCCCC1)C(c1ccccc1)(c1ccccc1)c1ccccc1.[Cl-]. The number of quaternary nitrogens is 1. The molecule has 174 valence electrons. The maximum Gasteiger partial charge on any atom is 0.325 e. The number of likely N-dealkylation sites (tertiary alicyclic amines) is 1. The van der Waals surface area contributed by atoms with Crippen molar-refractivity contribution < 1.29 is 26.8 Å². The molecule has 0 aromatic heterocycles. The van der Waals surface area contributed by atoms with E-state index in [1.54, 1.807) is 4.90 Å². The molecule has 0 aliphatic carbocycles. The van der Waals surface area contributed by atoms with Crippen LogP contribution in [0.1, 0.15) is 48.8 Å². The van der Waals surface area contributed by atoms with Crippen molar-refractivity contribution in [2.75, 3.05) is 26.2 Å². The summed E-state index contributed by atoms with van der Waals surface area (Å²) >= 11 is 0. The van der Waals surface area contributed by atoms with Crippen LogP contribution in [0.25, 0.3) is 0 Å². The summed E-state index contributed by atoms with van der Waals surface area (Å²) in [5, 5.41) is 0. The Morgan fingerprint density at radius 2 is 1.12 bits per heavy atom. The molecule has 0 unspecified atom stereocenters. The summed E-state index contributed by atoms with van der Waals surface area (Å²) in [5.74, 6) is -0.202. The summed E-state index contributed by atoms with van der Waals surface area (Å²) in [5.41, 5.74) is 1.81. The van der Waals surface area contributed by atoms with Crippen LogP contribution in [-0.4, -0.2) is 32.2 Å². The Hall–Kier alpha value is -2.62. The summed E-state index contributed by atoms with van der Waals surface area (Å²) < 4.78 is 6.04. The predicted molar refractivity (Wildman–Crippen MR) is 129 cm³/mol. The number of carbonyl (C=O) groups is 1. The van der Waals surface area contributed by atoms with Gasteiger partial charge in [-0.25, -0.2) is 0 Å². The quantitative estimate of drug-likeness (QED) is 0.311. The number of carbonyl (C=O) groups excluding carboxylic acids is 1. The fraction of sp³-hybridized carbons (Fsp3) is 0.345. The molecular weight excluding hydrogens is 430 g/mol. The van der Waals surface area contributed by atoms with Crippen LogP contribution in [0.2, 0.25) is 0 Å². The fourth-order valence-corrected chi connectivity index (χ4v) is 4.99. The maximum absolute atomic E-state index is 13.9. The second-order valence-electron chi connectivity index (χ2n) is 8.75. The van der Waals surface area contributed by atoms with Gasteiger partial charge in [0.05, 0.1) is 26.2 Å². The molecule has 0 spiro atoms. The highest BCUT2D eigenvalue weighted by atomic mass is 35.5. The summed E-state index contributed by atoms with van der Waals surface area (Å²) in [6.07, 6.45) is 6.23. The normalized spacial score (nSPS) is 14.7. The standard InChI is InChI=1S/C29H33NO2.ClH/c31-28(32-24-14-23-30-21-12-1-2-13-22-30)29(25-15-6-3-7-16-25,26-17-8-4-9-18-26)27-19-10-5-11-20-27;/h3-11,15-20H,1-2,12-14,21-24H2;1H. The molecule has 0 saturated carbocycles. The lowest BCUT2D eigenvalue weighted by Crippen LogP contribution is -3.11. The molecule has 3 nitrogen and oxygen atoms in total. The van der Waals surface area contributed by atoms with Gasteiger partial charge in [-0.15, -0.1) is 0 Å². The van der Waals surface area contributed by atoms with Crippen LogP contribution in [0.3, 0.4) is 0 Å². The number of ether oxygens (including phenoxy) is 1. The lowest BCUT2D eigenvalue weighted by atomic mass is 9.69. The van der Waals surface area contributed by atoms with Gasteiger partial charge < -0.3 is 22.0 Å². The van der Waals surface area contributed by atoms with Gasteiger partial charge in [0.2, 0.25) is 0 Å². The van der Waals surface area contributed by atoms with Crippen molar-refractivity contribution in [1.82, 2.24) is 0 Å². The van der Waals surface area contributed by atoms with Gasteiger partial charge in [-0.1, -0.05) is 91.0 Å². The molecule has 0 atom stereocenters. The first kappa shape index (κ1) is 25.0. The molecule has 1 aliphatic heterocycles. The summed E-state index contributed by atoms with van der Waals surface area (Å²) in [6.45, 7) is 4.02. The van der Waals surface area contributed by atoms with Crippen LogP contribution < -0.4 is 17.3 Å². The van der Waals surface area contributed by atoms with Crippen molar-refractivity contribution in [1.29, 1.82) is 0 Å². The summed E-state index contributed by atoms with van der Waals surface area (Å²) in [7, 11) is 0. The maximum atomic E-state index is 13.9. The molecule has 3 aromatic carbocycles. The molecule has 1 fully saturated rings. The number of hydrogen-bond acceptors (Lipinski definition) is 2. The Morgan fingerprint density at radius 1 is 0.697 bits per heavy atom. The second kappa shape index (κ2) is 12.6. The van der Waals surface area contributed by atoms with Crippen LogP contribution in [0.15, 0.2) is 91.0 Å². The minimum Gasteiger partial charge on any atom is -1.00 e. The number of halogens is 1. The topological polar surface area (TPSA) is 30.7 Å². The van der Waals surface area contributed by atoms with Crippen LogP contribution >= 0.6 is 0 Å². The number of benzene rings is 3. The third-order valence-corrected chi connectivity index (χ3v) is 6.65. The van der Waals surface area contributed by atoms with E-state index in [9.17, 15) is 4.79 Å². The Balaban J connectivity index is 0.00000306. The van der Waals surface area contributed by atoms with Gasteiger partial charge in [0, 0.05) is 6.42 Å². The minimum atomic E-state index is -0.987. The van der Waals surface area contributed by atoms with Crippen molar-refractivity contribution >= 4 is 5.97 Å². The highest BCUT2D eigenvalue weighted by molar-refractivity contribution is 5.92. The van der Waals surface area contributed by atoms with E-state index in [0.717, 1.165) is 29.7 Å². The van der Waals surface area contributed by atoms with Gasteiger partial charge in [-0.05, 0) is 42.4 Å². The van der Waals surface area contributed by atoms with Gasteiger partial charge in [0.15, 0.2) is 0 Å². The van der Waals surface area contributed by atoms with Crippen LogP contribution in [0, 0.1) is 0 Å². The van der Waals surface area contributed by atoms with E-state index in [-0.39, 0.29) is 18.4 Å². The van der Waals surface area contributed by atoms with Gasteiger partial charge >= 0.3 is 5.97 Å². The van der Waals surface area contributed by atoms with E-state index >= 15 is 0 Å². The Morgan fingerprint density at radius 3 is 1.55 bits per heavy atom. The zero-order valence-corrected chi connectivity index (χ0v) is 20.0. The molecule has 4 rings (SSSR count).